The Hall–Kier alpha value is -2.58. The van der Waals surface area contributed by atoms with E-state index < -0.39 is 15.6 Å². The van der Waals surface area contributed by atoms with Crippen molar-refractivity contribution in [2.75, 3.05) is 33.2 Å². The molecular weight excluding hydrogens is 446 g/mol. The number of hydrogen-bond acceptors (Lipinski definition) is 5. The average molecular weight is 478 g/mol. The normalized spacial score (nSPS) is 18.3. The highest BCUT2D eigenvalue weighted by molar-refractivity contribution is 7.89. The first kappa shape index (κ1) is 23.2. The zero-order chi connectivity index (χ0) is 23.8. The summed E-state index contributed by atoms with van der Waals surface area (Å²) in [6.45, 7) is 2.57. The lowest BCUT2D eigenvalue weighted by Crippen LogP contribution is -2.51. The summed E-state index contributed by atoms with van der Waals surface area (Å²) >= 11 is 0. The molecule has 2 aliphatic rings. The van der Waals surface area contributed by atoms with Crippen molar-refractivity contribution in [3.63, 3.8) is 0 Å². The molecule has 5 rings (SSSR count). The first-order valence-corrected chi connectivity index (χ1v) is 13.3. The van der Waals surface area contributed by atoms with Gasteiger partial charge in [-0.25, -0.2) is 8.42 Å². The van der Waals surface area contributed by atoms with Gasteiger partial charge in [-0.3, -0.25) is 4.98 Å². The largest absolute Gasteiger partial charge is 0.388 e. The van der Waals surface area contributed by atoms with Gasteiger partial charge in [0.25, 0.3) is 0 Å². The Morgan fingerprint density at radius 1 is 1.09 bits per heavy atom. The minimum atomic E-state index is -3.74. The van der Waals surface area contributed by atoms with E-state index in [-0.39, 0.29) is 11.4 Å². The number of likely N-dealkylation sites (N-methyl/N-ethyl adjacent to an activating group) is 1. The van der Waals surface area contributed by atoms with Crippen molar-refractivity contribution in [3.05, 3.63) is 78.1 Å². The molecule has 0 spiro atoms. The van der Waals surface area contributed by atoms with Crippen LogP contribution in [0.3, 0.4) is 0 Å². The molecule has 0 unspecified atom stereocenters. The second kappa shape index (κ2) is 9.23. The molecule has 1 aromatic heterocycles. The predicted molar refractivity (Wildman–Crippen MR) is 135 cm³/mol. The van der Waals surface area contributed by atoms with Gasteiger partial charge < -0.3 is 10.0 Å². The Labute approximate surface area is 201 Å². The first-order chi connectivity index (χ1) is 16.4. The number of rotatable bonds is 7. The van der Waals surface area contributed by atoms with E-state index in [1.165, 1.54) is 21.0 Å². The zero-order valence-electron chi connectivity index (χ0n) is 19.5. The van der Waals surface area contributed by atoms with Gasteiger partial charge in [0.2, 0.25) is 10.0 Å². The maximum absolute atomic E-state index is 13.4. The number of nitrogens with zero attached hydrogens (tertiary/aromatic N) is 3. The third-order valence-electron chi connectivity index (χ3n) is 7.26. The average Bonchev–Trinajstić information content (AvgIpc) is 3.26. The third kappa shape index (κ3) is 4.53. The fourth-order valence-corrected chi connectivity index (χ4v) is 6.67. The van der Waals surface area contributed by atoms with E-state index in [0.29, 0.717) is 18.2 Å². The highest BCUT2D eigenvalue weighted by Gasteiger charge is 2.37. The number of pyridine rings is 1. The SMILES string of the molecule is CN(CC1(O)CCN(CCC2=CCc3ccccc32)CC1)S(=O)(=O)c1cccc2cnccc12. The van der Waals surface area contributed by atoms with Gasteiger partial charge in [0.05, 0.1) is 10.5 Å². The van der Waals surface area contributed by atoms with Crippen LogP contribution in [0.4, 0.5) is 0 Å². The minimum absolute atomic E-state index is 0.0865. The molecule has 6 nitrogen and oxygen atoms in total. The topological polar surface area (TPSA) is 73.7 Å². The summed E-state index contributed by atoms with van der Waals surface area (Å²) in [5, 5.41) is 12.7. The lowest BCUT2D eigenvalue weighted by Gasteiger charge is -2.40. The van der Waals surface area contributed by atoms with Gasteiger partial charge in [0, 0.05) is 56.4 Å². The van der Waals surface area contributed by atoms with Crippen LogP contribution in [-0.4, -0.2) is 66.5 Å². The van der Waals surface area contributed by atoms with Gasteiger partial charge in [-0.1, -0.05) is 42.5 Å². The van der Waals surface area contributed by atoms with Crippen molar-refractivity contribution < 1.29 is 13.5 Å². The van der Waals surface area contributed by atoms with E-state index >= 15 is 0 Å². The molecule has 0 amide bonds. The molecule has 34 heavy (non-hydrogen) atoms. The number of likely N-dealkylation sites (tertiary alicyclic amines) is 1. The van der Waals surface area contributed by atoms with E-state index in [4.69, 9.17) is 0 Å². The maximum atomic E-state index is 13.4. The van der Waals surface area contributed by atoms with E-state index in [2.05, 4.69) is 40.2 Å². The number of benzene rings is 2. The number of piperidine rings is 1. The fourth-order valence-electron chi connectivity index (χ4n) is 5.21. The summed E-state index contributed by atoms with van der Waals surface area (Å²) in [5.41, 5.74) is 3.15. The third-order valence-corrected chi connectivity index (χ3v) is 9.12. The number of aromatic nitrogens is 1. The summed E-state index contributed by atoms with van der Waals surface area (Å²) in [7, 11) is -2.18. The van der Waals surface area contributed by atoms with Crippen LogP contribution < -0.4 is 0 Å². The van der Waals surface area contributed by atoms with Gasteiger partial charge in [-0.15, -0.1) is 0 Å². The van der Waals surface area contributed by atoms with Crippen molar-refractivity contribution in [2.45, 2.75) is 36.2 Å². The maximum Gasteiger partial charge on any atom is 0.243 e. The lowest BCUT2D eigenvalue weighted by molar-refractivity contribution is -0.0294. The summed E-state index contributed by atoms with van der Waals surface area (Å²) in [6.07, 6.45) is 8.72. The quantitative estimate of drug-likeness (QED) is 0.562. The monoisotopic (exact) mass is 477 g/mol. The Bertz CT molecular complexity index is 1320. The lowest BCUT2D eigenvalue weighted by atomic mass is 9.91. The Balaban J connectivity index is 1.20. The Morgan fingerprint density at radius 3 is 2.71 bits per heavy atom. The highest BCUT2D eigenvalue weighted by Crippen LogP contribution is 2.31. The van der Waals surface area contributed by atoms with Crippen LogP contribution in [0.1, 0.15) is 30.4 Å². The first-order valence-electron chi connectivity index (χ1n) is 11.9. The fraction of sp³-hybridized carbons (Fsp3) is 0.370. The van der Waals surface area contributed by atoms with Crippen LogP contribution in [-0.2, 0) is 16.4 Å². The molecule has 1 aliphatic heterocycles. The molecule has 0 radical (unpaired) electrons. The molecule has 1 fully saturated rings. The van der Waals surface area contributed by atoms with E-state index in [1.54, 1.807) is 37.6 Å². The number of sulfonamides is 1. The summed E-state index contributed by atoms with van der Waals surface area (Å²) in [6, 6.07) is 15.5. The molecule has 0 bridgehead atoms. The smallest absolute Gasteiger partial charge is 0.243 e. The minimum Gasteiger partial charge on any atom is -0.388 e. The molecule has 3 aromatic rings. The zero-order valence-corrected chi connectivity index (χ0v) is 20.3. The van der Waals surface area contributed by atoms with Crippen molar-refractivity contribution in [3.8, 4) is 0 Å². The molecule has 0 saturated carbocycles. The molecule has 2 heterocycles. The summed E-state index contributed by atoms with van der Waals surface area (Å²) in [5.74, 6) is 0. The highest BCUT2D eigenvalue weighted by atomic mass is 32.2. The molecule has 1 aliphatic carbocycles. The van der Waals surface area contributed by atoms with Crippen LogP contribution in [0.25, 0.3) is 16.3 Å². The van der Waals surface area contributed by atoms with E-state index in [9.17, 15) is 13.5 Å². The molecule has 2 aromatic carbocycles. The standard InChI is InChI=1S/C27H31N3O3S/c1-29(34(32,33)26-8-4-6-23-19-28-15-11-25(23)26)20-27(31)13-17-30(18-14-27)16-12-22-10-9-21-5-2-3-7-24(21)22/h2-8,10-11,15,19,31H,9,12-14,16-18,20H2,1H3. The summed E-state index contributed by atoms with van der Waals surface area (Å²) < 4.78 is 28.0. The number of fused-ring (bicyclic) bond motifs is 2. The van der Waals surface area contributed by atoms with Crippen molar-refractivity contribution in [2.24, 2.45) is 0 Å². The van der Waals surface area contributed by atoms with Crippen molar-refractivity contribution >= 4 is 26.4 Å². The number of aliphatic hydroxyl groups is 1. The van der Waals surface area contributed by atoms with E-state index in [0.717, 1.165) is 37.9 Å². The van der Waals surface area contributed by atoms with Gasteiger partial charge in [-0.05, 0) is 54.5 Å². The van der Waals surface area contributed by atoms with Gasteiger partial charge in [0.15, 0.2) is 0 Å². The summed E-state index contributed by atoms with van der Waals surface area (Å²) in [4.78, 5) is 6.72. The molecular formula is C27H31N3O3S. The molecule has 7 heteroatoms. The van der Waals surface area contributed by atoms with Gasteiger partial charge in [-0.2, -0.15) is 4.31 Å². The molecule has 178 valence electrons. The number of hydrogen-bond donors (Lipinski definition) is 1. The van der Waals surface area contributed by atoms with Crippen LogP contribution in [0.5, 0.6) is 0 Å². The number of allylic oxidation sites excluding steroid dienone is 1. The molecule has 1 saturated heterocycles. The molecule has 0 atom stereocenters. The van der Waals surface area contributed by atoms with Crippen LogP contribution in [0.15, 0.2) is 71.9 Å². The predicted octanol–water partition coefficient (Wildman–Crippen LogP) is 3.71. The van der Waals surface area contributed by atoms with Crippen LogP contribution in [0.2, 0.25) is 0 Å². The van der Waals surface area contributed by atoms with Crippen LogP contribution >= 0.6 is 0 Å². The Morgan fingerprint density at radius 2 is 1.88 bits per heavy atom. The van der Waals surface area contributed by atoms with E-state index in [1.807, 2.05) is 6.07 Å². The second-order valence-corrected chi connectivity index (χ2v) is 11.5. The van der Waals surface area contributed by atoms with Gasteiger partial charge in [0.1, 0.15) is 0 Å². The molecule has 1 N–H and O–H groups in total. The van der Waals surface area contributed by atoms with Gasteiger partial charge >= 0.3 is 0 Å². The van der Waals surface area contributed by atoms with Crippen molar-refractivity contribution in [1.29, 1.82) is 0 Å². The van der Waals surface area contributed by atoms with Crippen molar-refractivity contribution in [1.82, 2.24) is 14.2 Å². The van der Waals surface area contributed by atoms with Crippen LogP contribution in [0, 0.1) is 0 Å². The second-order valence-electron chi connectivity index (χ2n) is 9.52. The Kier molecular flexibility index (Phi) is 6.29.